The predicted octanol–water partition coefficient (Wildman–Crippen LogP) is 4.05. The van der Waals surface area contributed by atoms with Gasteiger partial charge in [-0.1, -0.05) is 29.3 Å². The second kappa shape index (κ2) is 6.64. The molecule has 0 fully saturated rings. The molecule has 0 amide bonds. The number of pyridine rings is 1. The molecular formula is C14H14Cl2N2O. The van der Waals surface area contributed by atoms with E-state index in [0.717, 1.165) is 24.2 Å². The van der Waals surface area contributed by atoms with E-state index < -0.39 is 0 Å². The number of hydrogen-bond donors (Lipinski definition) is 1. The number of aromatic nitrogens is 1. The number of nitrogens with zero attached hydrogens (tertiary/aromatic N) is 1. The molecule has 0 spiro atoms. The van der Waals surface area contributed by atoms with Crippen molar-refractivity contribution in [2.24, 2.45) is 0 Å². The fourth-order valence-corrected chi connectivity index (χ4v) is 2.20. The Morgan fingerprint density at radius 2 is 2.05 bits per heavy atom. The summed E-state index contributed by atoms with van der Waals surface area (Å²) in [6.45, 7) is 0.772. The first-order valence-corrected chi connectivity index (χ1v) is 6.62. The van der Waals surface area contributed by atoms with Crippen LogP contribution in [0.4, 0.5) is 5.69 Å². The summed E-state index contributed by atoms with van der Waals surface area (Å²) in [5.41, 5.74) is 2.04. The van der Waals surface area contributed by atoms with Gasteiger partial charge in [0.05, 0.1) is 7.11 Å². The largest absolute Gasteiger partial charge is 0.481 e. The van der Waals surface area contributed by atoms with Crippen molar-refractivity contribution in [3.05, 3.63) is 52.1 Å². The summed E-state index contributed by atoms with van der Waals surface area (Å²) < 4.78 is 5.06. The van der Waals surface area contributed by atoms with Crippen LogP contribution in [-0.2, 0) is 6.42 Å². The maximum atomic E-state index is 6.12. The van der Waals surface area contributed by atoms with E-state index in [4.69, 9.17) is 27.9 Å². The van der Waals surface area contributed by atoms with Crippen LogP contribution >= 0.6 is 23.2 Å². The van der Waals surface area contributed by atoms with Gasteiger partial charge in [0.2, 0.25) is 5.88 Å². The van der Waals surface area contributed by atoms with Crippen molar-refractivity contribution in [1.29, 1.82) is 0 Å². The second-order valence-corrected chi connectivity index (χ2v) is 4.84. The quantitative estimate of drug-likeness (QED) is 0.904. The summed E-state index contributed by atoms with van der Waals surface area (Å²) in [6, 6.07) is 9.29. The molecule has 0 saturated carbocycles. The predicted molar refractivity (Wildman–Crippen MR) is 79.4 cm³/mol. The van der Waals surface area contributed by atoms with E-state index in [1.165, 1.54) is 0 Å². The van der Waals surface area contributed by atoms with Gasteiger partial charge < -0.3 is 10.1 Å². The van der Waals surface area contributed by atoms with Crippen LogP contribution in [-0.4, -0.2) is 18.6 Å². The number of ether oxygens (including phenoxy) is 1. The van der Waals surface area contributed by atoms with Crippen LogP contribution in [0, 0.1) is 0 Å². The lowest BCUT2D eigenvalue weighted by atomic mass is 10.1. The molecule has 0 radical (unpaired) electrons. The summed E-state index contributed by atoms with van der Waals surface area (Å²) >= 11 is 12.0. The standard InChI is InChI=1S/C14H14Cl2N2O/c1-19-14-9-12(5-7-18-14)17-6-4-10-2-3-11(15)8-13(10)16/h2-3,5,7-9H,4,6H2,1H3,(H,17,18). The summed E-state index contributed by atoms with van der Waals surface area (Å²) in [5, 5.41) is 4.65. The second-order valence-electron chi connectivity index (χ2n) is 4.00. The number of benzene rings is 1. The molecule has 100 valence electrons. The van der Waals surface area contributed by atoms with E-state index in [1.807, 2.05) is 24.3 Å². The molecule has 2 aromatic rings. The fraction of sp³-hybridized carbons (Fsp3) is 0.214. The van der Waals surface area contributed by atoms with Crippen LogP contribution in [0.3, 0.4) is 0 Å². The Morgan fingerprint density at radius 1 is 1.21 bits per heavy atom. The third-order valence-corrected chi connectivity index (χ3v) is 3.27. The number of nitrogens with one attached hydrogen (secondary N) is 1. The normalized spacial score (nSPS) is 10.3. The Hall–Kier alpha value is -1.45. The molecule has 0 saturated heterocycles. The number of halogens is 2. The highest BCUT2D eigenvalue weighted by Gasteiger charge is 2.01. The first-order valence-electron chi connectivity index (χ1n) is 5.87. The maximum Gasteiger partial charge on any atom is 0.214 e. The molecule has 0 aliphatic rings. The molecule has 0 bridgehead atoms. The molecule has 1 aromatic heterocycles. The SMILES string of the molecule is COc1cc(NCCc2ccc(Cl)cc2Cl)ccn1. The molecule has 0 unspecified atom stereocenters. The van der Waals surface area contributed by atoms with Crippen LogP contribution in [0.15, 0.2) is 36.5 Å². The van der Waals surface area contributed by atoms with Crippen molar-refractivity contribution < 1.29 is 4.74 Å². The van der Waals surface area contributed by atoms with Crippen molar-refractivity contribution in [2.75, 3.05) is 19.0 Å². The monoisotopic (exact) mass is 296 g/mol. The minimum Gasteiger partial charge on any atom is -0.481 e. The van der Waals surface area contributed by atoms with Gasteiger partial charge in [-0.25, -0.2) is 4.98 Å². The van der Waals surface area contributed by atoms with Crippen molar-refractivity contribution in [3.63, 3.8) is 0 Å². The topological polar surface area (TPSA) is 34.1 Å². The minimum atomic E-state index is 0.592. The van der Waals surface area contributed by atoms with E-state index in [1.54, 1.807) is 19.4 Å². The average Bonchev–Trinajstić information content (AvgIpc) is 2.41. The lowest BCUT2D eigenvalue weighted by Gasteiger charge is -2.08. The van der Waals surface area contributed by atoms with E-state index >= 15 is 0 Å². The van der Waals surface area contributed by atoms with E-state index in [2.05, 4.69) is 10.3 Å². The Bertz CT molecular complexity index is 561. The molecule has 3 nitrogen and oxygen atoms in total. The number of methoxy groups -OCH3 is 1. The first kappa shape index (κ1) is 14.0. The summed E-state index contributed by atoms with van der Waals surface area (Å²) in [7, 11) is 1.60. The zero-order chi connectivity index (χ0) is 13.7. The Kier molecular flexibility index (Phi) is 4.88. The lowest BCUT2D eigenvalue weighted by molar-refractivity contribution is 0.398. The third-order valence-electron chi connectivity index (χ3n) is 2.68. The van der Waals surface area contributed by atoms with Gasteiger partial charge in [0.15, 0.2) is 0 Å². The smallest absolute Gasteiger partial charge is 0.214 e. The number of anilines is 1. The van der Waals surface area contributed by atoms with Crippen molar-refractivity contribution in [2.45, 2.75) is 6.42 Å². The number of rotatable bonds is 5. The molecule has 2 rings (SSSR count). The van der Waals surface area contributed by atoms with Gasteiger partial charge in [0, 0.05) is 34.5 Å². The number of hydrogen-bond acceptors (Lipinski definition) is 3. The zero-order valence-corrected chi connectivity index (χ0v) is 12.0. The van der Waals surface area contributed by atoms with Crippen LogP contribution in [0.25, 0.3) is 0 Å². The summed E-state index contributed by atoms with van der Waals surface area (Å²) in [5.74, 6) is 0.592. The van der Waals surface area contributed by atoms with Crippen LogP contribution < -0.4 is 10.1 Å². The highest BCUT2D eigenvalue weighted by Crippen LogP contribution is 2.21. The third kappa shape index (κ3) is 4.01. The molecule has 0 atom stereocenters. The van der Waals surface area contributed by atoms with Crippen LogP contribution in [0.5, 0.6) is 5.88 Å². The molecular weight excluding hydrogens is 283 g/mol. The van der Waals surface area contributed by atoms with Gasteiger partial charge in [0.1, 0.15) is 0 Å². The molecule has 0 aliphatic heterocycles. The van der Waals surface area contributed by atoms with Crippen LogP contribution in [0.2, 0.25) is 10.0 Å². The van der Waals surface area contributed by atoms with Gasteiger partial charge in [-0.3, -0.25) is 0 Å². The van der Waals surface area contributed by atoms with Crippen molar-refractivity contribution >= 4 is 28.9 Å². The van der Waals surface area contributed by atoms with Gasteiger partial charge in [-0.2, -0.15) is 0 Å². The summed E-state index contributed by atoms with van der Waals surface area (Å²) in [6.07, 6.45) is 2.52. The maximum absolute atomic E-state index is 6.12. The highest BCUT2D eigenvalue weighted by atomic mass is 35.5. The minimum absolute atomic E-state index is 0.592. The van der Waals surface area contributed by atoms with Crippen molar-refractivity contribution in [3.8, 4) is 5.88 Å². The fourth-order valence-electron chi connectivity index (χ4n) is 1.70. The average molecular weight is 297 g/mol. The Balaban J connectivity index is 1.92. The molecule has 5 heteroatoms. The van der Waals surface area contributed by atoms with Gasteiger partial charge in [-0.15, -0.1) is 0 Å². The lowest BCUT2D eigenvalue weighted by Crippen LogP contribution is -2.05. The molecule has 1 aromatic carbocycles. The molecule has 19 heavy (non-hydrogen) atoms. The van der Waals surface area contributed by atoms with E-state index in [9.17, 15) is 0 Å². The van der Waals surface area contributed by atoms with Crippen molar-refractivity contribution in [1.82, 2.24) is 4.98 Å². The molecule has 1 heterocycles. The first-order chi connectivity index (χ1) is 9.19. The molecule has 1 N–H and O–H groups in total. The highest BCUT2D eigenvalue weighted by molar-refractivity contribution is 6.35. The van der Waals surface area contributed by atoms with Gasteiger partial charge >= 0.3 is 0 Å². The van der Waals surface area contributed by atoms with Gasteiger partial charge in [-0.05, 0) is 30.2 Å². The van der Waals surface area contributed by atoms with Crippen LogP contribution in [0.1, 0.15) is 5.56 Å². The summed E-state index contributed by atoms with van der Waals surface area (Å²) in [4.78, 5) is 4.05. The Morgan fingerprint density at radius 3 is 2.79 bits per heavy atom. The molecule has 0 aliphatic carbocycles. The van der Waals surface area contributed by atoms with E-state index in [0.29, 0.717) is 15.9 Å². The van der Waals surface area contributed by atoms with E-state index in [-0.39, 0.29) is 0 Å². The Labute approximate surface area is 122 Å². The van der Waals surface area contributed by atoms with Gasteiger partial charge in [0.25, 0.3) is 0 Å². The zero-order valence-electron chi connectivity index (χ0n) is 10.5.